The van der Waals surface area contributed by atoms with Crippen molar-refractivity contribution in [3.63, 3.8) is 0 Å². The van der Waals surface area contributed by atoms with Crippen LogP contribution in [0, 0.1) is 0 Å². The van der Waals surface area contributed by atoms with Crippen LogP contribution >= 0.6 is 15.9 Å². The third-order valence-electron chi connectivity index (χ3n) is 4.27. The van der Waals surface area contributed by atoms with Crippen LogP contribution in [-0.2, 0) is 4.79 Å². The quantitative estimate of drug-likeness (QED) is 0.329. The van der Waals surface area contributed by atoms with Gasteiger partial charge in [0, 0.05) is 4.47 Å². The molecule has 0 saturated carbocycles. The molecule has 0 saturated heterocycles. The Morgan fingerprint density at radius 1 is 0.828 bits per heavy atom. The zero-order valence-corrected chi connectivity index (χ0v) is 16.6. The van der Waals surface area contributed by atoms with Crippen molar-refractivity contribution in [2.24, 2.45) is 0 Å². The van der Waals surface area contributed by atoms with Gasteiger partial charge in [0.15, 0.2) is 6.61 Å². The fourth-order valence-electron chi connectivity index (χ4n) is 2.95. The van der Waals surface area contributed by atoms with E-state index in [1.807, 2.05) is 6.07 Å². The Morgan fingerprint density at radius 2 is 1.48 bits per heavy atom. The number of anilines is 1. The first-order chi connectivity index (χ1) is 14.0. The number of ether oxygens (including phenoxy) is 2. The van der Waals surface area contributed by atoms with Crippen LogP contribution in [0.25, 0.3) is 0 Å². The van der Waals surface area contributed by atoms with E-state index in [1.165, 1.54) is 12.1 Å². The van der Waals surface area contributed by atoms with E-state index in [1.54, 1.807) is 54.6 Å². The Balaban J connectivity index is 1.40. The first kappa shape index (κ1) is 18.9. The zero-order valence-electron chi connectivity index (χ0n) is 15.0. The van der Waals surface area contributed by atoms with Crippen LogP contribution in [0.4, 0.5) is 5.69 Å². The highest BCUT2D eigenvalue weighted by molar-refractivity contribution is 9.10. The first-order valence-electron chi connectivity index (χ1n) is 8.70. The van der Waals surface area contributed by atoms with Gasteiger partial charge in [0.05, 0.1) is 16.8 Å². The molecule has 1 aliphatic heterocycles. The largest absolute Gasteiger partial charge is 0.482 e. The minimum Gasteiger partial charge on any atom is -0.482 e. The van der Waals surface area contributed by atoms with Crippen LogP contribution in [0.5, 0.6) is 11.5 Å². The summed E-state index contributed by atoms with van der Waals surface area (Å²) in [5.41, 5.74) is 1.15. The summed E-state index contributed by atoms with van der Waals surface area (Å²) in [6.07, 6.45) is 0. The molecule has 7 heteroatoms. The predicted octanol–water partition coefficient (Wildman–Crippen LogP) is 4.23. The second-order valence-corrected chi connectivity index (χ2v) is 7.12. The van der Waals surface area contributed by atoms with Gasteiger partial charge in [-0.25, -0.2) is 9.69 Å². The summed E-state index contributed by atoms with van der Waals surface area (Å²) in [7, 11) is 0. The minimum absolute atomic E-state index is 0.253. The van der Waals surface area contributed by atoms with E-state index in [-0.39, 0.29) is 24.2 Å². The molecule has 2 amide bonds. The van der Waals surface area contributed by atoms with E-state index in [0.29, 0.717) is 22.6 Å². The number of nitrogens with zero attached hydrogens (tertiary/aromatic N) is 1. The van der Waals surface area contributed by atoms with Crippen LogP contribution < -0.4 is 14.4 Å². The maximum absolute atomic E-state index is 12.5. The molecule has 0 fully saturated rings. The monoisotopic (exact) mass is 451 g/mol. The number of amides is 2. The second-order valence-electron chi connectivity index (χ2n) is 6.21. The molecule has 0 radical (unpaired) electrons. The molecule has 1 heterocycles. The summed E-state index contributed by atoms with van der Waals surface area (Å²) in [6, 6.07) is 19.9. The second kappa shape index (κ2) is 7.89. The van der Waals surface area contributed by atoms with E-state index in [9.17, 15) is 14.4 Å². The van der Waals surface area contributed by atoms with Crippen molar-refractivity contribution in [3.8, 4) is 11.5 Å². The lowest BCUT2D eigenvalue weighted by molar-refractivity contribution is -0.136. The SMILES string of the molecule is O=C(COc1cccc(Br)c1)Oc1ccc(N2C(=O)c3ccccc3C2=O)cc1. The number of fused-ring (bicyclic) bond motifs is 1. The summed E-state index contributed by atoms with van der Waals surface area (Å²) >= 11 is 3.33. The van der Waals surface area contributed by atoms with E-state index in [2.05, 4.69) is 15.9 Å². The van der Waals surface area contributed by atoms with Crippen molar-refractivity contribution in [2.45, 2.75) is 0 Å². The summed E-state index contributed by atoms with van der Waals surface area (Å²) < 4.78 is 11.5. The Hall–Kier alpha value is -3.45. The van der Waals surface area contributed by atoms with Gasteiger partial charge >= 0.3 is 5.97 Å². The van der Waals surface area contributed by atoms with Crippen molar-refractivity contribution in [1.29, 1.82) is 0 Å². The van der Waals surface area contributed by atoms with Crippen LogP contribution in [-0.4, -0.2) is 24.4 Å². The smallest absolute Gasteiger partial charge is 0.349 e. The average molecular weight is 452 g/mol. The van der Waals surface area contributed by atoms with Gasteiger partial charge in [-0.15, -0.1) is 0 Å². The number of esters is 1. The first-order valence-corrected chi connectivity index (χ1v) is 9.49. The summed E-state index contributed by atoms with van der Waals surface area (Å²) in [4.78, 5) is 38.1. The molecule has 3 aromatic carbocycles. The number of hydrogen-bond acceptors (Lipinski definition) is 5. The molecule has 0 unspecified atom stereocenters. The molecule has 144 valence electrons. The molecular formula is C22H14BrNO5. The maximum atomic E-state index is 12.5. The van der Waals surface area contributed by atoms with Gasteiger partial charge in [0.25, 0.3) is 11.8 Å². The molecular weight excluding hydrogens is 438 g/mol. The molecule has 3 aromatic rings. The van der Waals surface area contributed by atoms with Crippen LogP contribution in [0.15, 0.2) is 77.3 Å². The Bertz CT molecular complexity index is 1080. The Morgan fingerprint density at radius 3 is 2.10 bits per heavy atom. The lowest BCUT2D eigenvalue weighted by Gasteiger charge is -2.14. The molecule has 1 aliphatic rings. The van der Waals surface area contributed by atoms with Gasteiger partial charge in [-0.1, -0.05) is 34.1 Å². The fourth-order valence-corrected chi connectivity index (χ4v) is 3.33. The predicted molar refractivity (Wildman–Crippen MR) is 109 cm³/mol. The van der Waals surface area contributed by atoms with Gasteiger partial charge in [-0.2, -0.15) is 0 Å². The number of benzene rings is 3. The normalized spacial score (nSPS) is 12.7. The zero-order chi connectivity index (χ0) is 20.4. The van der Waals surface area contributed by atoms with Crippen molar-refractivity contribution in [3.05, 3.63) is 88.4 Å². The van der Waals surface area contributed by atoms with Crippen molar-refractivity contribution < 1.29 is 23.9 Å². The highest BCUT2D eigenvalue weighted by Crippen LogP contribution is 2.29. The highest BCUT2D eigenvalue weighted by Gasteiger charge is 2.36. The van der Waals surface area contributed by atoms with Crippen LogP contribution in [0.3, 0.4) is 0 Å². The molecule has 4 rings (SSSR count). The maximum Gasteiger partial charge on any atom is 0.349 e. The van der Waals surface area contributed by atoms with Gasteiger partial charge in [0.2, 0.25) is 0 Å². The van der Waals surface area contributed by atoms with Crippen molar-refractivity contribution >= 4 is 39.4 Å². The summed E-state index contributed by atoms with van der Waals surface area (Å²) in [6.45, 7) is -0.253. The molecule has 0 bridgehead atoms. The number of carbonyl (C=O) groups is 3. The van der Waals surface area contributed by atoms with E-state index in [0.717, 1.165) is 9.37 Å². The molecule has 0 aromatic heterocycles. The highest BCUT2D eigenvalue weighted by atomic mass is 79.9. The Labute approximate surface area is 174 Å². The van der Waals surface area contributed by atoms with Gasteiger partial charge in [-0.3, -0.25) is 9.59 Å². The molecule has 0 spiro atoms. The summed E-state index contributed by atoms with van der Waals surface area (Å²) in [5, 5.41) is 0. The average Bonchev–Trinajstić information content (AvgIpc) is 2.98. The number of rotatable bonds is 5. The number of imide groups is 1. The van der Waals surface area contributed by atoms with E-state index in [4.69, 9.17) is 9.47 Å². The van der Waals surface area contributed by atoms with Gasteiger partial charge in [0.1, 0.15) is 11.5 Å². The lowest BCUT2D eigenvalue weighted by Crippen LogP contribution is -2.29. The third kappa shape index (κ3) is 3.90. The molecule has 6 nitrogen and oxygen atoms in total. The number of hydrogen-bond donors (Lipinski definition) is 0. The standard InChI is InChI=1S/C22H14BrNO5/c23-14-4-3-5-17(12-14)28-13-20(25)29-16-10-8-15(9-11-16)24-21(26)18-6-1-2-7-19(18)22(24)27/h1-12H,13H2. The van der Waals surface area contributed by atoms with Crippen molar-refractivity contribution in [2.75, 3.05) is 11.5 Å². The van der Waals surface area contributed by atoms with Crippen LogP contribution in [0.2, 0.25) is 0 Å². The van der Waals surface area contributed by atoms with Crippen LogP contribution in [0.1, 0.15) is 20.7 Å². The minimum atomic E-state index is -0.571. The topological polar surface area (TPSA) is 72.9 Å². The summed E-state index contributed by atoms with van der Waals surface area (Å²) in [5.74, 6) is -0.500. The van der Waals surface area contributed by atoms with E-state index >= 15 is 0 Å². The lowest BCUT2D eigenvalue weighted by atomic mass is 10.1. The third-order valence-corrected chi connectivity index (χ3v) is 4.77. The van der Waals surface area contributed by atoms with Crippen molar-refractivity contribution in [1.82, 2.24) is 0 Å². The fraction of sp³-hybridized carbons (Fsp3) is 0.0455. The molecule has 29 heavy (non-hydrogen) atoms. The molecule has 0 atom stereocenters. The molecule has 0 N–H and O–H groups in total. The Kier molecular flexibility index (Phi) is 5.14. The molecule has 0 aliphatic carbocycles. The number of carbonyl (C=O) groups excluding carboxylic acids is 3. The van der Waals surface area contributed by atoms with Gasteiger partial charge < -0.3 is 9.47 Å². The van der Waals surface area contributed by atoms with Gasteiger partial charge in [-0.05, 0) is 54.6 Å². The van der Waals surface area contributed by atoms with E-state index < -0.39 is 5.97 Å². The number of halogens is 1.